The number of nitrogens with one attached hydrogen (secondary N) is 1. The average molecular weight is 633 g/mol. The Bertz CT molecular complexity index is 1520. The zero-order valence-corrected chi connectivity index (χ0v) is 25.9. The van der Waals surface area contributed by atoms with Gasteiger partial charge in [0.1, 0.15) is 29.1 Å². The fraction of sp³-hybridized carbons (Fsp3) is 0.517. The van der Waals surface area contributed by atoms with Gasteiger partial charge in [-0.1, -0.05) is 19.9 Å². The summed E-state index contributed by atoms with van der Waals surface area (Å²) < 4.78 is 39.6. The number of alkyl halides is 2. The van der Waals surface area contributed by atoms with E-state index in [4.69, 9.17) is 15.2 Å². The maximum Gasteiger partial charge on any atom is 0.410 e. The fourth-order valence-electron chi connectivity index (χ4n) is 5.68. The summed E-state index contributed by atoms with van der Waals surface area (Å²) in [4.78, 5) is 35.5. The second-order valence-corrected chi connectivity index (χ2v) is 11.8. The average Bonchev–Trinajstić information content (AvgIpc) is 3.77. The van der Waals surface area contributed by atoms with Crippen LogP contribution < -0.4 is 20.7 Å². The molecule has 2 amide bonds. The van der Waals surface area contributed by atoms with Crippen molar-refractivity contribution >= 4 is 45.9 Å². The van der Waals surface area contributed by atoms with Gasteiger partial charge in [-0.05, 0) is 37.6 Å². The Hall–Kier alpha value is -3.98. The molecule has 0 aromatic carbocycles. The van der Waals surface area contributed by atoms with Crippen LogP contribution in [0.15, 0.2) is 24.5 Å². The van der Waals surface area contributed by atoms with Crippen LogP contribution in [0, 0.1) is 0 Å². The van der Waals surface area contributed by atoms with Crippen molar-refractivity contribution in [3.8, 4) is 5.75 Å². The van der Waals surface area contributed by atoms with Crippen molar-refractivity contribution in [2.45, 2.75) is 39.2 Å². The van der Waals surface area contributed by atoms with Gasteiger partial charge in [0.05, 0.1) is 29.9 Å². The fourth-order valence-corrected chi connectivity index (χ4v) is 6.54. The molecular formula is C29H38F2N8O4S. The lowest BCUT2D eigenvalue weighted by Crippen LogP contribution is -2.47. The van der Waals surface area contributed by atoms with Crippen molar-refractivity contribution in [3.05, 3.63) is 40.0 Å². The van der Waals surface area contributed by atoms with E-state index in [0.717, 1.165) is 54.2 Å². The Balaban J connectivity index is 1.33. The summed E-state index contributed by atoms with van der Waals surface area (Å²) in [5.74, 6) is 0.0535. The number of piperidine rings is 1. The molecule has 5 heterocycles. The zero-order valence-electron chi connectivity index (χ0n) is 25.1. The highest BCUT2D eigenvalue weighted by Crippen LogP contribution is 2.37. The molecule has 1 atom stereocenters. The van der Waals surface area contributed by atoms with Crippen molar-refractivity contribution in [1.82, 2.24) is 29.7 Å². The normalized spacial score (nSPS) is 17.1. The minimum Gasteiger partial charge on any atom is -0.491 e. The quantitative estimate of drug-likeness (QED) is 0.323. The first kappa shape index (κ1) is 31.4. The molecule has 0 bridgehead atoms. The van der Waals surface area contributed by atoms with E-state index in [1.54, 1.807) is 9.42 Å². The molecule has 0 radical (unpaired) electrons. The van der Waals surface area contributed by atoms with Crippen LogP contribution >= 0.6 is 11.3 Å². The summed E-state index contributed by atoms with van der Waals surface area (Å²) in [5, 5.41) is 7.50. The van der Waals surface area contributed by atoms with Crippen molar-refractivity contribution in [2.75, 3.05) is 70.2 Å². The zero-order chi connectivity index (χ0) is 31.4. The van der Waals surface area contributed by atoms with E-state index in [9.17, 15) is 18.4 Å². The highest BCUT2D eigenvalue weighted by molar-refractivity contribution is 7.14. The SMILES string of the molecule is CCN(CC)CCOc1cc(C(F)F)sc1C(=O)N[C@@H]1CCCN(c2cc(C3=CCN(C(=O)OC)C3)n3ncnc(N)c23)C1. The smallest absolute Gasteiger partial charge is 0.410 e. The third-order valence-corrected chi connectivity index (χ3v) is 9.16. The molecule has 12 nitrogen and oxygen atoms in total. The highest BCUT2D eigenvalue weighted by atomic mass is 32.1. The van der Waals surface area contributed by atoms with E-state index in [1.165, 1.54) is 19.5 Å². The molecule has 3 aromatic heterocycles. The third kappa shape index (κ3) is 6.58. The molecule has 0 unspecified atom stereocenters. The molecule has 3 aromatic rings. The first-order chi connectivity index (χ1) is 21.2. The Morgan fingerprint density at radius 2 is 2.07 bits per heavy atom. The number of halogens is 2. The maximum absolute atomic E-state index is 13.6. The number of rotatable bonds is 11. The first-order valence-corrected chi connectivity index (χ1v) is 15.5. The standard InChI is InChI=1S/C29H38F2N8O4S/c1-4-36(5-2)11-12-43-22-14-23(26(30)31)44-25(22)28(40)35-19-7-6-9-37(16-19)21-13-20(39-24(21)27(32)33-17-34-39)18-8-10-38(15-18)29(41)42-3/h8,13-14,17,19,26H,4-7,9-12,15-16H2,1-3H3,(H,35,40)(H2,32,33,34)/t19-/m1/s1. The van der Waals surface area contributed by atoms with Crippen molar-refractivity contribution in [2.24, 2.45) is 0 Å². The lowest BCUT2D eigenvalue weighted by atomic mass is 10.0. The minimum absolute atomic E-state index is 0.148. The van der Waals surface area contributed by atoms with Crippen LogP contribution in [0.5, 0.6) is 5.75 Å². The number of likely N-dealkylation sites (N-methyl/N-ethyl adjacent to an activating group) is 1. The summed E-state index contributed by atoms with van der Waals surface area (Å²) >= 11 is 0.763. The minimum atomic E-state index is -2.70. The van der Waals surface area contributed by atoms with Gasteiger partial charge in [-0.15, -0.1) is 11.3 Å². The number of nitrogens with two attached hydrogens (primary N) is 1. The number of hydrogen-bond acceptors (Lipinski definition) is 10. The molecule has 2 aliphatic rings. The van der Waals surface area contributed by atoms with E-state index in [0.29, 0.717) is 50.7 Å². The predicted octanol–water partition coefficient (Wildman–Crippen LogP) is 3.90. The molecule has 1 fully saturated rings. The summed E-state index contributed by atoms with van der Waals surface area (Å²) in [6.07, 6.45) is 1.73. The summed E-state index contributed by atoms with van der Waals surface area (Å²) in [7, 11) is 1.35. The van der Waals surface area contributed by atoms with E-state index in [-0.39, 0.29) is 21.5 Å². The molecular weight excluding hydrogens is 594 g/mol. The highest BCUT2D eigenvalue weighted by Gasteiger charge is 2.30. The summed E-state index contributed by atoms with van der Waals surface area (Å²) in [6.45, 7) is 8.65. The van der Waals surface area contributed by atoms with Gasteiger partial charge in [0, 0.05) is 38.3 Å². The van der Waals surface area contributed by atoms with E-state index >= 15 is 0 Å². The number of thiophene rings is 1. The molecule has 0 aliphatic carbocycles. The molecule has 3 N–H and O–H groups in total. The number of nitrogen functional groups attached to an aromatic ring is 1. The molecule has 0 spiro atoms. The topological polar surface area (TPSA) is 131 Å². The number of hydrogen-bond donors (Lipinski definition) is 2. The van der Waals surface area contributed by atoms with Crippen molar-refractivity contribution in [3.63, 3.8) is 0 Å². The number of fused-ring (bicyclic) bond motifs is 1. The van der Waals surface area contributed by atoms with Crippen LogP contribution in [0.1, 0.15) is 53.4 Å². The summed E-state index contributed by atoms with van der Waals surface area (Å²) in [6, 6.07) is 3.01. The van der Waals surface area contributed by atoms with Crippen LogP contribution in [-0.4, -0.2) is 102 Å². The number of ether oxygens (including phenoxy) is 2. The number of anilines is 2. The van der Waals surface area contributed by atoms with Gasteiger partial charge in [0.2, 0.25) is 0 Å². The Morgan fingerprint density at radius 3 is 2.80 bits per heavy atom. The van der Waals surface area contributed by atoms with Crippen LogP contribution in [-0.2, 0) is 4.74 Å². The molecule has 1 saturated heterocycles. The second-order valence-electron chi connectivity index (χ2n) is 10.7. The van der Waals surface area contributed by atoms with Gasteiger partial charge in [-0.3, -0.25) is 4.79 Å². The van der Waals surface area contributed by atoms with Gasteiger partial charge in [-0.25, -0.2) is 23.1 Å². The maximum atomic E-state index is 13.6. The molecule has 0 saturated carbocycles. The van der Waals surface area contributed by atoms with Crippen LogP contribution in [0.4, 0.5) is 25.1 Å². The third-order valence-electron chi connectivity index (χ3n) is 8.04. The van der Waals surface area contributed by atoms with Gasteiger partial charge in [0.25, 0.3) is 12.3 Å². The molecule has 5 rings (SSSR count). The Labute approximate surface area is 258 Å². The summed E-state index contributed by atoms with van der Waals surface area (Å²) in [5.41, 5.74) is 9.46. The predicted molar refractivity (Wildman–Crippen MR) is 165 cm³/mol. The van der Waals surface area contributed by atoms with Crippen molar-refractivity contribution in [1.29, 1.82) is 0 Å². The number of nitrogens with zero attached hydrogens (tertiary/aromatic N) is 6. The van der Waals surface area contributed by atoms with E-state index < -0.39 is 18.4 Å². The Morgan fingerprint density at radius 1 is 1.27 bits per heavy atom. The lowest BCUT2D eigenvalue weighted by molar-refractivity contribution is 0.0933. The van der Waals surface area contributed by atoms with Gasteiger partial charge in [-0.2, -0.15) is 5.10 Å². The monoisotopic (exact) mass is 632 g/mol. The largest absolute Gasteiger partial charge is 0.491 e. The van der Waals surface area contributed by atoms with Crippen molar-refractivity contribution < 1.29 is 27.8 Å². The number of carbonyl (C=O) groups excluding carboxylic acids is 2. The van der Waals surface area contributed by atoms with Crippen LogP contribution in [0.25, 0.3) is 11.1 Å². The first-order valence-electron chi connectivity index (χ1n) is 14.7. The number of carbonyl (C=O) groups is 2. The number of aromatic nitrogens is 3. The molecule has 44 heavy (non-hydrogen) atoms. The second kappa shape index (κ2) is 13.8. The van der Waals surface area contributed by atoms with Gasteiger partial charge in [0.15, 0.2) is 5.82 Å². The van der Waals surface area contributed by atoms with E-state index in [1.807, 2.05) is 26.0 Å². The molecule has 15 heteroatoms. The van der Waals surface area contributed by atoms with E-state index in [2.05, 4.69) is 25.2 Å². The number of methoxy groups -OCH3 is 1. The molecule has 238 valence electrons. The van der Waals surface area contributed by atoms with Crippen LogP contribution in [0.3, 0.4) is 0 Å². The van der Waals surface area contributed by atoms with Gasteiger partial charge >= 0.3 is 6.09 Å². The Kier molecular flexibility index (Phi) is 9.84. The lowest BCUT2D eigenvalue weighted by Gasteiger charge is -2.34. The molecule has 2 aliphatic heterocycles. The van der Waals surface area contributed by atoms with Crippen LogP contribution in [0.2, 0.25) is 0 Å². The van der Waals surface area contributed by atoms with Gasteiger partial charge < -0.3 is 35.2 Å². The number of amides is 2.